The topological polar surface area (TPSA) is 115 Å². The Balaban J connectivity index is 0.000000532. The van der Waals surface area contributed by atoms with Crippen LogP contribution in [0.4, 0.5) is 4.79 Å². The molecule has 0 unspecified atom stereocenters. The number of nitrogens with one attached hydrogen (secondary N) is 1. The molecule has 10 heteroatoms. The Labute approximate surface area is 235 Å². The van der Waals surface area contributed by atoms with Gasteiger partial charge in [-0.2, -0.15) is 4.90 Å². The van der Waals surface area contributed by atoms with Crippen LogP contribution >= 0.6 is 15.9 Å². The van der Waals surface area contributed by atoms with Gasteiger partial charge in [0.15, 0.2) is 0 Å². The third kappa shape index (κ3) is 7.57. The first-order valence-electron chi connectivity index (χ1n) is 12.1. The number of carbonyl (C=O) groups is 4. The molecule has 3 aromatic rings. The standard InChI is InChI=1S/C24H21BrN2O5.C5H10O2/c1-24(2,3)32-23(30)27-21(28)19(20(25)22(27)29)17-12-26-18-10-9-15(11-16(17)18)31-13-14-7-5-4-6-8-14;1-5(2,3)7-4-6/h4-12,26H,13H2,1-3H3;4H,1-3H3. The van der Waals surface area contributed by atoms with Crippen molar-refractivity contribution in [2.24, 2.45) is 0 Å². The molecular weight excluding hydrogens is 568 g/mol. The van der Waals surface area contributed by atoms with E-state index in [9.17, 15) is 19.2 Å². The summed E-state index contributed by atoms with van der Waals surface area (Å²) in [6.07, 6.45) is 0.623. The fraction of sp³-hybridized carbons (Fsp3) is 0.310. The third-order valence-electron chi connectivity index (χ3n) is 5.18. The molecule has 4 rings (SSSR count). The number of halogens is 1. The monoisotopic (exact) mass is 598 g/mol. The second-order valence-electron chi connectivity index (χ2n) is 10.6. The summed E-state index contributed by atoms with van der Waals surface area (Å²) in [5, 5.41) is 0.690. The molecule has 2 heterocycles. The van der Waals surface area contributed by atoms with Crippen LogP contribution in [0.3, 0.4) is 0 Å². The van der Waals surface area contributed by atoms with Crippen molar-refractivity contribution < 1.29 is 33.4 Å². The van der Waals surface area contributed by atoms with Gasteiger partial charge < -0.3 is 19.2 Å². The summed E-state index contributed by atoms with van der Waals surface area (Å²) in [6.45, 7) is 11.3. The Morgan fingerprint density at radius 1 is 0.974 bits per heavy atom. The predicted molar refractivity (Wildman–Crippen MR) is 150 cm³/mol. The summed E-state index contributed by atoms with van der Waals surface area (Å²) in [5.41, 5.74) is 1.20. The summed E-state index contributed by atoms with van der Waals surface area (Å²) < 4.78 is 15.7. The molecule has 9 nitrogen and oxygen atoms in total. The van der Waals surface area contributed by atoms with Gasteiger partial charge in [-0.3, -0.25) is 14.4 Å². The number of benzene rings is 2. The molecule has 1 aliphatic rings. The van der Waals surface area contributed by atoms with E-state index in [-0.39, 0.29) is 15.7 Å². The molecule has 3 amide bonds. The van der Waals surface area contributed by atoms with Crippen molar-refractivity contribution in [3.8, 4) is 5.75 Å². The summed E-state index contributed by atoms with van der Waals surface area (Å²) in [7, 11) is 0. The number of aromatic amines is 1. The van der Waals surface area contributed by atoms with Crippen molar-refractivity contribution in [1.82, 2.24) is 9.88 Å². The van der Waals surface area contributed by atoms with Crippen molar-refractivity contribution >= 4 is 56.8 Å². The molecule has 0 fully saturated rings. The van der Waals surface area contributed by atoms with Crippen molar-refractivity contribution in [3.63, 3.8) is 0 Å². The van der Waals surface area contributed by atoms with E-state index in [1.165, 1.54) is 0 Å². The minimum Gasteiger partial charge on any atom is -0.489 e. The van der Waals surface area contributed by atoms with Gasteiger partial charge in [0.25, 0.3) is 18.3 Å². The van der Waals surface area contributed by atoms with Crippen LogP contribution in [0.25, 0.3) is 16.5 Å². The second-order valence-corrected chi connectivity index (χ2v) is 11.4. The van der Waals surface area contributed by atoms with E-state index in [1.807, 2.05) is 63.2 Å². The van der Waals surface area contributed by atoms with Crippen LogP contribution in [-0.4, -0.2) is 45.5 Å². The number of ether oxygens (including phenoxy) is 3. The lowest BCUT2D eigenvalue weighted by atomic mass is 10.1. The van der Waals surface area contributed by atoms with Crippen LogP contribution in [0.2, 0.25) is 0 Å². The van der Waals surface area contributed by atoms with Crippen LogP contribution < -0.4 is 4.74 Å². The van der Waals surface area contributed by atoms with Crippen LogP contribution in [0.5, 0.6) is 5.75 Å². The minimum absolute atomic E-state index is 0.00451. The van der Waals surface area contributed by atoms with Gasteiger partial charge in [0.1, 0.15) is 23.6 Å². The molecule has 39 heavy (non-hydrogen) atoms. The van der Waals surface area contributed by atoms with E-state index < -0.39 is 23.5 Å². The maximum absolute atomic E-state index is 13.1. The highest BCUT2D eigenvalue weighted by molar-refractivity contribution is 9.12. The highest BCUT2D eigenvalue weighted by Gasteiger charge is 2.44. The van der Waals surface area contributed by atoms with E-state index in [4.69, 9.17) is 9.47 Å². The number of aromatic nitrogens is 1. The van der Waals surface area contributed by atoms with E-state index in [0.29, 0.717) is 34.7 Å². The molecular formula is C29H31BrN2O7. The minimum atomic E-state index is -1.01. The van der Waals surface area contributed by atoms with Gasteiger partial charge in [0.2, 0.25) is 0 Å². The van der Waals surface area contributed by atoms with Gasteiger partial charge in [0, 0.05) is 22.7 Å². The number of rotatable bonds is 5. The summed E-state index contributed by atoms with van der Waals surface area (Å²) in [4.78, 5) is 51.4. The normalized spacial score (nSPS) is 13.8. The Morgan fingerprint density at radius 3 is 2.21 bits per heavy atom. The molecule has 1 aliphatic heterocycles. The smallest absolute Gasteiger partial charge is 0.424 e. The molecule has 0 spiro atoms. The molecule has 2 aromatic carbocycles. The quantitative estimate of drug-likeness (QED) is 0.278. The number of fused-ring (bicyclic) bond motifs is 1. The van der Waals surface area contributed by atoms with E-state index in [0.717, 1.165) is 11.1 Å². The molecule has 0 bridgehead atoms. The van der Waals surface area contributed by atoms with Crippen molar-refractivity contribution in [2.75, 3.05) is 0 Å². The fourth-order valence-corrected chi connectivity index (χ4v) is 4.05. The summed E-state index contributed by atoms with van der Waals surface area (Å²) in [5.74, 6) is -0.891. The van der Waals surface area contributed by atoms with Gasteiger partial charge in [0.05, 0.1) is 10.1 Å². The van der Waals surface area contributed by atoms with Crippen LogP contribution in [0, 0.1) is 0 Å². The lowest BCUT2D eigenvalue weighted by Crippen LogP contribution is -2.41. The Hall–Kier alpha value is -3.92. The number of H-pyrrole nitrogens is 1. The van der Waals surface area contributed by atoms with Crippen molar-refractivity contribution in [1.29, 1.82) is 0 Å². The summed E-state index contributed by atoms with van der Waals surface area (Å²) >= 11 is 3.20. The number of hydrogen-bond acceptors (Lipinski definition) is 7. The van der Waals surface area contributed by atoms with Crippen molar-refractivity contribution in [3.05, 3.63) is 70.3 Å². The molecule has 206 valence electrons. The van der Waals surface area contributed by atoms with E-state index >= 15 is 0 Å². The van der Waals surface area contributed by atoms with Gasteiger partial charge in [-0.1, -0.05) is 30.3 Å². The zero-order valence-electron chi connectivity index (χ0n) is 22.7. The maximum atomic E-state index is 13.1. The first-order chi connectivity index (χ1) is 18.2. The lowest BCUT2D eigenvalue weighted by molar-refractivity contribution is -0.139. The molecule has 0 atom stereocenters. The number of amides is 3. The molecule has 0 radical (unpaired) electrons. The first-order valence-corrected chi connectivity index (χ1v) is 12.9. The van der Waals surface area contributed by atoms with E-state index in [1.54, 1.807) is 33.0 Å². The Kier molecular flexibility index (Phi) is 9.01. The molecule has 0 aliphatic carbocycles. The van der Waals surface area contributed by atoms with Crippen LogP contribution in [0.15, 0.2) is 59.2 Å². The highest BCUT2D eigenvalue weighted by Crippen LogP contribution is 2.38. The predicted octanol–water partition coefficient (Wildman–Crippen LogP) is 6.11. The Morgan fingerprint density at radius 2 is 1.64 bits per heavy atom. The zero-order valence-corrected chi connectivity index (χ0v) is 24.2. The Bertz CT molecular complexity index is 1410. The van der Waals surface area contributed by atoms with Crippen LogP contribution in [0.1, 0.15) is 52.7 Å². The second kappa shape index (κ2) is 11.9. The fourth-order valence-electron chi connectivity index (χ4n) is 3.49. The van der Waals surface area contributed by atoms with Crippen LogP contribution in [-0.2, 0) is 30.5 Å². The summed E-state index contributed by atoms with van der Waals surface area (Å²) in [6, 6.07) is 15.2. The van der Waals surface area contributed by atoms with Gasteiger partial charge in [-0.05, 0) is 81.2 Å². The first kappa shape index (κ1) is 29.6. The average molecular weight is 599 g/mol. The SMILES string of the molecule is CC(C)(C)OC(=O)N1C(=O)C(Br)=C(c2c[nH]c3ccc(OCc4ccccc4)cc23)C1=O.CC(C)(C)OC=O. The van der Waals surface area contributed by atoms with Gasteiger partial charge in [-0.25, -0.2) is 4.79 Å². The van der Waals surface area contributed by atoms with Gasteiger partial charge in [-0.15, -0.1) is 0 Å². The zero-order chi connectivity index (χ0) is 29.0. The molecule has 0 saturated heterocycles. The lowest BCUT2D eigenvalue weighted by Gasteiger charge is -2.22. The molecule has 0 saturated carbocycles. The van der Waals surface area contributed by atoms with Gasteiger partial charge >= 0.3 is 6.09 Å². The molecule has 1 N–H and O–H groups in total. The van der Waals surface area contributed by atoms with E-state index in [2.05, 4.69) is 25.7 Å². The van der Waals surface area contributed by atoms with Crippen molar-refractivity contribution in [2.45, 2.75) is 59.4 Å². The largest absolute Gasteiger partial charge is 0.489 e. The number of imide groups is 3. The average Bonchev–Trinajstić information content (AvgIpc) is 3.34. The maximum Gasteiger partial charge on any atom is 0.424 e. The number of hydrogen-bond donors (Lipinski definition) is 1. The third-order valence-corrected chi connectivity index (χ3v) is 5.91. The number of carbonyl (C=O) groups excluding carboxylic acids is 4. The highest BCUT2D eigenvalue weighted by atomic mass is 79.9. The number of nitrogens with zero attached hydrogens (tertiary/aromatic N) is 1. The molecule has 1 aromatic heterocycles.